The zero-order chi connectivity index (χ0) is 23.5. The highest BCUT2D eigenvalue weighted by atomic mass is 16.3. The molecule has 0 saturated heterocycles. The molecule has 3 nitrogen and oxygen atoms in total. The molecule has 3 aromatic heterocycles. The first kappa shape index (κ1) is 19.9. The van der Waals surface area contributed by atoms with Crippen molar-refractivity contribution in [2.45, 2.75) is 13.8 Å². The van der Waals surface area contributed by atoms with E-state index in [1.54, 1.807) is 0 Å². The van der Waals surface area contributed by atoms with Gasteiger partial charge in [-0.05, 0) is 72.1 Å². The van der Waals surface area contributed by atoms with Crippen molar-refractivity contribution in [2.75, 3.05) is 0 Å². The molecular formula is C32H22N2O. The quantitative estimate of drug-likeness (QED) is 0.265. The molecule has 7 rings (SSSR count). The lowest BCUT2D eigenvalue weighted by Gasteiger charge is -2.08. The Hall–Kier alpha value is -4.50. The van der Waals surface area contributed by atoms with E-state index in [0.29, 0.717) is 0 Å². The van der Waals surface area contributed by atoms with Crippen LogP contribution < -0.4 is 0 Å². The maximum absolute atomic E-state index is 6.52. The van der Waals surface area contributed by atoms with E-state index in [-0.39, 0.29) is 0 Å². The molecule has 3 heterocycles. The smallest absolute Gasteiger partial charge is 0.161 e. The van der Waals surface area contributed by atoms with Crippen LogP contribution in [0.15, 0.2) is 102 Å². The number of hydrogen-bond acceptors (Lipinski definition) is 3. The summed E-state index contributed by atoms with van der Waals surface area (Å²) < 4.78 is 6.52. The van der Waals surface area contributed by atoms with Gasteiger partial charge in [0.15, 0.2) is 5.58 Å². The van der Waals surface area contributed by atoms with Gasteiger partial charge in [0.2, 0.25) is 0 Å². The van der Waals surface area contributed by atoms with Crippen LogP contribution in [0, 0.1) is 13.8 Å². The summed E-state index contributed by atoms with van der Waals surface area (Å²) in [6.07, 6.45) is 1.88. The van der Waals surface area contributed by atoms with Crippen molar-refractivity contribution >= 4 is 43.6 Å². The Labute approximate surface area is 202 Å². The third-order valence-electron chi connectivity index (χ3n) is 6.83. The van der Waals surface area contributed by atoms with Gasteiger partial charge in [-0.15, -0.1) is 0 Å². The highest BCUT2D eigenvalue weighted by Crippen LogP contribution is 2.38. The molecule has 0 saturated carbocycles. The summed E-state index contributed by atoms with van der Waals surface area (Å²) in [7, 11) is 0. The molecule has 0 amide bonds. The summed E-state index contributed by atoms with van der Waals surface area (Å²) in [5, 5.41) is 5.73. The highest BCUT2D eigenvalue weighted by Gasteiger charge is 2.16. The zero-order valence-electron chi connectivity index (χ0n) is 19.5. The minimum absolute atomic E-state index is 0.828. The van der Waals surface area contributed by atoms with Crippen molar-refractivity contribution in [3.8, 4) is 22.4 Å². The monoisotopic (exact) mass is 450 g/mol. The van der Waals surface area contributed by atoms with Crippen LogP contribution in [0.1, 0.15) is 11.3 Å². The van der Waals surface area contributed by atoms with Crippen LogP contribution in [0.2, 0.25) is 0 Å². The molecule has 35 heavy (non-hydrogen) atoms. The minimum atomic E-state index is 0.828. The molecule has 0 aliphatic heterocycles. The van der Waals surface area contributed by atoms with Gasteiger partial charge in [-0.2, -0.15) is 0 Å². The number of aryl methyl sites for hydroxylation is 2. The average Bonchev–Trinajstić information content (AvgIpc) is 3.28. The van der Waals surface area contributed by atoms with Crippen LogP contribution >= 0.6 is 0 Å². The van der Waals surface area contributed by atoms with Crippen LogP contribution in [0.3, 0.4) is 0 Å². The van der Waals surface area contributed by atoms with Crippen LogP contribution in [0.4, 0.5) is 0 Å². The molecule has 0 fully saturated rings. The molecule has 0 spiro atoms. The Bertz CT molecular complexity index is 1930. The van der Waals surface area contributed by atoms with E-state index in [1.807, 2.05) is 19.2 Å². The number of aromatic nitrogens is 2. The fourth-order valence-corrected chi connectivity index (χ4v) is 5.04. The first-order valence-electron chi connectivity index (χ1n) is 11.8. The lowest BCUT2D eigenvalue weighted by molar-refractivity contribution is 0.672. The first-order valence-corrected chi connectivity index (χ1v) is 11.8. The Morgan fingerprint density at radius 3 is 2.34 bits per heavy atom. The zero-order valence-corrected chi connectivity index (χ0v) is 19.5. The molecule has 3 heteroatoms. The SMILES string of the molecule is Cc1ccc2cc(-c3ccnc(-c4cccc5c4oc4c5ccc5ccc(C)nc54)c3)ccc2c1. The Morgan fingerprint density at radius 1 is 0.629 bits per heavy atom. The van der Waals surface area contributed by atoms with E-state index in [4.69, 9.17) is 14.4 Å². The number of nitrogens with zero attached hydrogens (tertiary/aromatic N) is 2. The molecule has 0 atom stereocenters. The molecule has 4 aromatic carbocycles. The van der Waals surface area contributed by atoms with E-state index < -0.39 is 0 Å². The van der Waals surface area contributed by atoms with E-state index in [1.165, 1.54) is 21.9 Å². The number of benzene rings is 4. The summed E-state index contributed by atoms with van der Waals surface area (Å²) in [4.78, 5) is 9.51. The summed E-state index contributed by atoms with van der Waals surface area (Å²) in [6.45, 7) is 4.14. The van der Waals surface area contributed by atoms with E-state index in [0.717, 1.165) is 55.4 Å². The second-order valence-corrected chi connectivity index (χ2v) is 9.25. The third-order valence-corrected chi connectivity index (χ3v) is 6.83. The normalized spacial score (nSPS) is 11.7. The fraction of sp³-hybridized carbons (Fsp3) is 0.0625. The Kier molecular flexibility index (Phi) is 4.27. The number of rotatable bonds is 2. The predicted octanol–water partition coefficient (Wildman–Crippen LogP) is 8.63. The van der Waals surface area contributed by atoms with Crippen LogP contribution in [0.25, 0.3) is 66.0 Å². The Morgan fingerprint density at radius 2 is 1.40 bits per heavy atom. The summed E-state index contributed by atoms with van der Waals surface area (Å²) >= 11 is 0. The highest BCUT2D eigenvalue weighted by molar-refractivity contribution is 6.16. The van der Waals surface area contributed by atoms with E-state index in [9.17, 15) is 0 Å². The van der Waals surface area contributed by atoms with Crippen molar-refractivity contribution in [3.63, 3.8) is 0 Å². The van der Waals surface area contributed by atoms with Gasteiger partial charge in [0.25, 0.3) is 0 Å². The largest absolute Gasteiger partial charge is 0.453 e. The number of hydrogen-bond donors (Lipinski definition) is 0. The van der Waals surface area contributed by atoms with E-state index in [2.05, 4.69) is 91.9 Å². The molecule has 7 aromatic rings. The fourth-order valence-electron chi connectivity index (χ4n) is 5.04. The summed E-state index contributed by atoms with van der Waals surface area (Å²) in [6, 6.07) is 32.1. The summed E-state index contributed by atoms with van der Waals surface area (Å²) in [5.41, 5.74) is 9.01. The molecular weight excluding hydrogens is 428 g/mol. The minimum Gasteiger partial charge on any atom is -0.453 e. The van der Waals surface area contributed by atoms with Gasteiger partial charge in [0.05, 0.1) is 5.69 Å². The second-order valence-electron chi connectivity index (χ2n) is 9.25. The molecule has 0 aliphatic rings. The molecule has 166 valence electrons. The second kappa shape index (κ2) is 7.51. The molecule has 0 bridgehead atoms. The lowest BCUT2D eigenvalue weighted by atomic mass is 9.99. The maximum atomic E-state index is 6.52. The molecule has 0 aliphatic carbocycles. The maximum Gasteiger partial charge on any atom is 0.161 e. The first-order chi connectivity index (χ1) is 17.1. The molecule has 0 N–H and O–H groups in total. The van der Waals surface area contributed by atoms with Gasteiger partial charge in [-0.25, -0.2) is 4.98 Å². The van der Waals surface area contributed by atoms with Gasteiger partial charge < -0.3 is 4.42 Å². The van der Waals surface area contributed by atoms with Crippen molar-refractivity contribution in [1.29, 1.82) is 0 Å². The van der Waals surface area contributed by atoms with Gasteiger partial charge in [-0.1, -0.05) is 60.2 Å². The average molecular weight is 451 g/mol. The number of fused-ring (bicyclic) bond motifs is 6. The number of para-hydroxylation sites is 1. The van der Waals surface area contributed by atoms with Gasteiger partial charge in [-0.3, -0.25) is 4.98 Å². The number of pyridine rings is 2. The Balaban J connectivity index is 1.41. The van der Waals surface area contributed by atoms with Crippen LogP contribution in [-0.4, -0.2) is 9.97 Å². The molecule has 0 unspecified atom stereocenters. The van der Waals surface area contributed by atoms with E-state index >= 15 is 0 Å². The van der Waals surface area contributed by atoms with Gasteiger partial charge >= 0.3 is 0 Å². The van der Waals surface area contributed by atoms with Gasteiger partial charge in [0.1, 0.15) is 11.1 Å². The van der Waals surface area contributed by atoms with Crippen LogP contribution in [-0.2, 0) is 0 Å². The van der Waals surface area contributed by atoms with Crippen molar-refractivity contribution in [1.82, 2.24) is 9.97 Å². The standard InChI is InChI=1S/C32H22N2O/c1-19-6-8-23-17-24(11-10-22(23)16-19)25-14-15-33-29(18-25)28-5-3-4-26-27-13-12-21-9-7-20(2)34-30(21)32(27)35-31(26)28/h3-18H,1-2H3. The number of furan rings is 1. The van der Waals surface area contributed by atoms with Crippen molar-refractivity contribution in [2.24, 2.45) is 0 Å². The predicted molar refractivity (Wildman–Crippen MR) is 145 cm³/mol. The summed E-state index contributed by atoms with van der Waals surface area (Å²) in [5.74, 6) is 0. The topological polar surface area (TPSA) is 38.9 Å². The van der Waals surface area contributed by atoms with Crippen LogP contribution in [0.5, 0.6) is 0 Å². The van der Waals surface area contributed by atoms with Gasteiger partial charge in [0, 0.05) is 33.6 Å². The van der Waals surface area contributed by atoms with Crippen molar-refractivity contribution in [3.05, 3.63) is 108 Å². The third kappa shape index (κ3) is 3.20. The van der Waals surface area contributed by atoms with Crippen molar-refractivity contribution < 1.29 is 4.42 Å². The molecule has 0 radical (unpaired) electrons. The lowest BCUT2D eigenvalue weighted by Crippen LogP contribution is -1.86.